The van der Waals surface area contributed by atoms with Crippen LogP contribution < -0.4 is 5.32 Å². The molecule has 1 saturated carbocycles. The maximum absolute atomic E-state index is 11.8. The molecule has 0 radical (unpaired) electrons. The highest BCUT2D eigenvalue weighted by Crippen LogP contribution is 2.18. The Morgan fingerprint density at radius 1 is 1.38 bits per heavy atom. The zero-order chi connectivity index (χ0) is 14.7. The van der Waals surface area contributed by atoms with Crippen molar-refractivity contribution in [3.05, 3.63) is 36.2 Å². The number of amides is 1. The third kappa shape index (κ3) is 3.63. The lowest BCUT2D eigenvalue weighted by molar-refractivity contribution is -0.122. The molecule has 1 aromatic heterocycles. The molecule has 0 spiro atoms. The summed E-state index contributed by atoms with van der Waals surface area (Å²) in [6.07, 6.45) is 2.20. The SMILES string of the molecule is CN(CC(=O)NC1CC1)Cc1nnnn1-c1ccccc1. The number of benzene rings is 1. The highest BCUT2D eigenvalue weighted by Gasteiger charge is 2.23. The number of likely N-dealkylation sites (N-methyl/N-ethyl adjacent to an activating group) is 1. The Morgan fingerprint density at radius 2 is 2.14 bits per heavy atom. The molecule has 0 aliphatic heterocycles. The lowest BCUT2D eigenvalue weighted by Gasteiger charge is -2.15. The summed E-state index contributed by atoms with van der Waals surface area (Å²) in [7, 11) is 1.89. The highest BCUT2D eigenvalue weighted by molar-refractivity contribution is 5.78. The molecule has 1 aliphatic carbocycles. The maximum Gasteiger partial charge on any atom is 0.234 e. The fourth-order valence-corrected chi connectivity index (χ4v) is 2.12. The van der Waals surface area contributed by atoms with E-state index in [9.17, 15) is 4.79 Å². The van der Waals surface area contributed by atoms with Crippen molar-refractivity contribution in [1.82, 2.24) is 30.4 Å². The van der Waals surface area contributed by atoms with Crippen molar-refractivity contribution in [2.24, 2.45) is 0 Å². The van der Waals surface area contributed by atoms with Gasteiger partial charge in [-0.2, -0.15) is 4.68 Å². The molecule has 1 fully saturated rings. The first-order valence-electron chi connectivity index (χ1n) is 7.03. The molecule has 21 heavy (non-hydrogen) atoms. The number of carbonyl (C=O) groups excluding carboxylic acids is 1. The monoisotopic (exact) mass is 286 g/mol. The number of aromatic nitrogens is 4. The van der Waals surface area contributed by atoms with E-state index in [1.165, 1.54) is 0 Å². The fourth-order valence-electron chi connectivity index (χ4n) is 2.12. The summed E-state index contributed by atoms with van der Waals surface area (Å²) < 4.78 is 1.69. The molecule has 1 amide bonds. The maximum atomic E-state index is 11.8. The minimum absolute atomic E-state index is 0.0544. The molecule has 1 N–H and O–H groups in total. The third-order valence-electron chi connectivity index (χ3n) is 3.30. The van der Waals surface area contributed by atoms with Gasteiger partial charge in [0, 0.05) is 6.04 Å². The van der Waals surface area contributed by atoms with Crippen LogP contribution in [0, 0.1) is 0 Å². The van der Waals surface area contributed by atoms with Gasteiger partial charge in [0.05, 0.1) is 18.8 Å². The van der Waals surface area contributed by atoms with Gasteiger partial charge in [-0.25, -0.2) is 0 Å². The average molecular weight is 286 g/mol. The minimum atomic E-state index is 0.0544. The van der Waals surface area contributed by atoms with E-state index in [0.717, 1.165) is 18.5 Å². The van der Waals surface area contributed by atoms with Crippen LogP contribution in [-0.4, -0.2) is 50.6 Å². The van der Waals surface area contributed by atoms with Gasteiger partial charge in [0.25, 0.3) is 0 Å². The molecule has 0 atom stereocenters. The number of nitrogens with one attached hydrogen (secondary N) is 1. The standard InChI is InChI=1S/C14H18N6O/c1-19(10-14(21)15-11-7-8-11)9-13-16-17-18-20(13)12-5-3-2-4-6-12/h2-6,11H,7-10H2,1H3,(H,15,21). The number of hydrogen-bond donors (Lipinski definition) is 1. The molecule has 110 valence electrons. The van der Waals surface area contributed by atoms with E-state index in [2.05, 4.69) is 20.8 Å². The van der Waals surface area contributed by atoms with Crippen LogP contribution in [-0.2, 0) is 11.3 Å². The minimum Gasteiger partial charge on any atom is -0.352 e. The van der Waals surface area contributed by atoms with E-state index in [1.807, 2.05) is 42.3 Å². The van der Waals surface area contributed by atoms with Crippen LogP contribution in [0.5, 0.6) is 0 Å². The van der Waals surface area contributed by atoms with Gasteiger partial charge < -0.3 is 5.32 Å². The van der Waals surface area contributed by atoms with Crippen LogP contribution >= 0.6 is 0 Å². The predicted octanol–water partition coefficient (Wildman–Crippen LogP) is 0.373. The second-order valence-corrected chi connectivity index (χ2v) is 5.36. The second kappa shape index (κ2) is 6.01. The van der Waals surface area contributed by atoms with Crippen LogP contribution in [0.25, 0.3) is 5.69 Å². The Balaban J connectivity index is 1.62. The molecule has 0 saturated heterocycles. The number of carbonyl (C=O) groups is 1. The zero-order valence-electron chi connectivity index (χ0n) is 11.9. The Labute approximate surface area is 122 Å². The first kappa shape index (κ1) is 13.7. The number of tetrazole rings is 1. The number of hydrogen-bond acceptors (Lipinski definition) is 5. The summed E-state index contributed by atoms with van der Waals surface area (Å²) in [5.41, 5.74) is 0.910. The van der Waals surface area contributed by atoms with Crippen molar-refractivity contribution >= 4 is 5.91 Å². The molecular weight excluding hydrogens is 268 g/mol. The Kier molecular flexibility index (Phi) is 3.92. The van der Waals surface area contributed by atoms with Crippen molar-refractivity contribution in [1.29, 1.82) is 0 Å². The fraction of sp³-hybridized carbons (Fsp3) is 0.429. The summed E-state index contributed by atoms with van der Waals surface area (Å²) in [4.78, 5) is 13.7. The van der Waals surface area contributed by atoms with Crippen molar-refractivity contribution in [2.45, 2.75) is 25.4 Å². The van der Waals surface area contributed by atoms with Gasteiger partial charge in [0.1, 0.15) is 0 Å². The molecule has 0 bridgehead atoms. The molecule has 7 nitrogen and oxygen atoms in total. The summed E-state index contributed by atoms with van der Waals surface area (Å²) in [6, 6.07) is 10.1. The lowest BCUT2D eigenvalue weighted by atomic mass is 10.3. The first-order chi connectivity index (χ1) is 10.2. The molecule has 7 heteroatoms. The summed E-state index contributed by atoms with van der Waals surface area (Å²) in [6.45, 7) is 0.859. The second-order valence-electron chi connectivity index (χ2n) is 5.36. The van der Waals surface area contributed by atoms with Crippen LogP contribution in [0.2, 0.25) is 0 Å². The predicted molar refractivity (Wildman–Crippen MR) is 76.7 cm³/mol. The number of rotatable bonds is 6. The molecular formula is C14H18N6O. The average Bonchev–Trinajstić information content (AvgIpc) is 3.15. The van der Waals surface area contributed by atoms with Crippen LogP contribution in [0.15, 0.2) is 30.3 Å². The van der Waals surface area contributed by atoms with Crippen molar-refractivity contribution in [3.63, 3.8) is 0 Å². The van der Waals surface area contributed by atoms with Gasteiger partial charge in [0.2, 0.25) is 5.91 Å². The molecule has 1 aliphatic rings. The Hall–Kier alpha value is -2.28. The van der Waals surface area contributed by atoms with Crippen LogP contribution in [0.3, 0.4) is 0 Å². The van der Waals surface area contributed by atoms with E-state index < -0.39 is 0 Å². The van der Waals surface area contributed by atoms with Gasteiger partial charge in [-0.1, -0.05) is 18.2 Å². The molecule has 0 unspecified atom stereocenters. The smallest absolute Gasteiger partial charge is 0.234 e. The van der Waals surface area contributed by atoms with E-state index in [-0.39, 0.29) is 5.91 Å². The van der Waals surface area contributed by atoms with E-state index in [1.54, 1.807) is 4.68 Å². The number of nitrogens with zero attached hydrogens (tertiary/aromatic N) is 5. The van der Waals surface area contributed by atoms with Crippen LogP contribution in [0.4, 0.5) is 0 Å². The lowest BCUT2D eigenvalue weighted by Crippen LogP contribution is -2.36. The summed E-state index contributed by atoms with van der Waals surface area (Å²) >= 11 is 0. The van der Waals surface area contributed by atoms with Crippen molar-refractivity contribution in [3.8, 4) is 5.69 Å². The first-order valence-corrected chi connectivity index (χ1v) is 7.03. The normalized spacial score (nSPS) is 14.4. The quantitative estimate of drug-likeness (QED) is 0.830. The summed E-state index contributed by atoms with van der Waals surface area (Å²) in [5, 5.41) is 14.7. The molecule has 1 heterocycles. The van der Waals surface area contributed by atoms with Crippen LogP contribution in [0.1, 0.15) is 18.7 Å². The number of para-hydroxylation sites is 1. The largest absolute Gasteiger partial charge is 0.352 e. The Morgan fingerprint density at radius 3 is 2.86 bits per heavy atom. The van der Waals surface area contributed by atoms with Gasteiger partial charge in [-0.05, 0) is 42.4 Å². The summed E-state index contributed by atoms with van der Waals surface area (Å²) in [5.74, 6) is 0.765. The highest BCUT2D eigenvalue weighted by atomic mass is 16.2. The van der Waals surface area contributed by atoms with E-state index >= 15 is 0 Å². The van der Waals surface area contributed by atoms with Gasteiger partial charge in [-0.15, -0.1) is 5.10 Å². The topological polar surface area (TPSA) is 75.9 Å². The van der Waals surface area contributed by atoms with Gasteiger partial charge in [0.15, 0.2) is 5.82 Å². The van der Waals surface area contributed by atoms with Gasteiger partial charge >= 0.3 is 0 Å². The zero-order valence-corrected chi connectivity index (χ0v) is 11.9. The Bertz CT molecular complexity index is 607. The third-order valence-corrected chi connectivity index (χ3v) is 3.30. The van der Waals surface area contributed by atoms with Crippen molar-refractivity contribution in [2.75, 3.05) is 13.6 Å². The molecule has 1 aromatic carbocycles. The van der Waals surface area contributed by atoms with Gasteiger partial charge in [-0.3, -0.25) is 9.69 Å². The van der Waals surface area contributed by atoms with Crippen molar-refractivity contribution < 1.29 is 4.79 Å². The molecule has 2 aromatic rings. The van der Waals surface area contributed by atoms with E-state index in [0.29, 0.717) is 25.0 Å². The van der Waals surface area contributed by atoms with E-state index in [4.69, 9.17) is 0 Å². The molecule has 3 rings (SSSR count).